The van der Waals surface area contributed by atoms with E-state index >= 15 is 0 Å². The molecule has 184 valence electrons. The quantitative estimate of drug-likeness (QED) is 0.228. The van der Waals surface area contributed by atoms with E-state index in [1.807, 2.05) is 42.5 Å². The third-order valence-electron chi connectivity index (χ3n) is 6.75. The summed E-state index contributed by atoms with van der Waals surface area (Å²) in [6, 6.07) is 47.9. The van der Waals surface area contributed by atoms with Crippen LogP contribution >= 0.6 is 11.3 Å². The van der Waals surface area contributed by atoms with E-state index in [0.717, 1.165) is 60.0 Å². The zero-order valence-electron chi connectivity index (χ0n) is 21.0. The van der Waals surface area contributed by atoms with Crippen LogP contribution in [0, 0.1) is 0 Å². The summed E-state index contributed by atoms with van der Waals surface area (Å²) in [6.45, 7) is 0. The van der Waals surface area contributed by atoms with Gasteiger partial charge in [0.2, 0.25) is 0 Å². The van der Waals surface area contributed by atoms with E-state index in [1.165, 1.54) is 0 Å². The van der Waals surface area contributed by atoms with Crippen molar-refractivity contribution in [1.82, 2.24) is 15.0 Å². The molecule has 0 saturated heterocycles. The summed E-state index contributed by atoms with van der Waals surface area (Å²) in [5.41, 5.74) is 9.30. The van der Waals surface area contributed by atoms with Crippen molar-refractivity contribution in [1.29, 1.82) is 0 Å². The molecule has 0 N–H and O–H groups in total. The predicted octanol–water partition coefficient (Wildman–Crippen LogP) is 9.42. The molecule has 39 heavy (non-hydrogen) atoms. The summed E-state index contributed by atoms with van der Waals surface area (Å²) >= 11 is 1.72. The summed E-state index contributed by atoms with van der Waals surface area (Å²) < 4.78 is 1.16. The maximum absolute atomic E-state index is 5.07. The second-order valence-corrected chi connectivity index (χ2v) is 10.3. The molecule has 3 nitrogen and oxygen atoms in total. The maximum Gasteiger partial charge on any atom is 0.161 e. The van der Waals surface area contributed by atoms with Gasteiger partial charge in [0.15, 0.2) is 5.82 Å². The minimum Gasteiger partial charge on any atom is -0.236 e. The highest BCUT2D eigenvalue weighted by Crippen LogP contribution is 2.37. The molecule has 0 amide bonds. The van der Waals surface area contributed by atoms with Gasteiger partial charge in [-0.2, -0.15) is 0 Å². The fourth-order valence-corrected chi connectivity index (χ4v) is 5.82. The molecule has 0 atom stereocenters. The monoisotopic (exact) mass is 517 g/mol. The fourth-order valence-electron chi connectivity index (χ4n) is 4.81. The van der Waals surface area contributed by atoms with Gasteiger partial charge in [-0.1, -0.05) is 121 Å². The van der Waals surface area contributed by atoms with Crippen molar-refractivity contribution in [2.75, 3.05) is 0 Å². The normalized spacial score (nSPS) is 11.1. The van der Waals surface area contributed by atoms with Crippen molar-refractivity contribution in [3.05, 3.63) is 140 Å². The lowest BCUT2D eigenvalue weighted by molar-refractivity contribution is 1.18. The Hall–Kier alpha value is -4.93. The number of thiazole rings is 1. The molecule has 2 heterocycles. The minimum absolute atomic E-state index is 0.709. The van der Waals surface area contributed by atoms with E-state index in [4.69, 9.17) is 15.0 Å². The minimum atomic E-state index is 0.709. The average Bonchev–Trinajstić information content (AvgIpc) is 3.46. The zero-order valence-corrected chi connectivity index (χ0v) is 21.8. The molecule has 0 spiro atoms. The van der Waals surface area contributed by atoms with Crippen molar-refractivity contribution in [3.8, 4) is 55.6 Å². The Bertz CT molecular complexity index is 1840. The summed E-state index contributed by atoms with van der Waals surface area (Å²) in [5.74, 6) is 0.709. The first kappa shape index (κ1) is 23.2. The SMILES string of the molecule is c1ccc(-c2cc(-c3ccccc3)nc(-c3ccccc3-c3ccc4nc(-c5ccccc5)sc4c3)n2)cc1. The summed E-state index contributed by atoms with van der Waals surface area (Å²) in [4.78, 5) is 15.0. The number of hydrogen-bond acceptors (Lipinski definition) is 4. The molecule has 5 aromatic carbocycles. The molecule has 0 radical (unpaired) electrons. The van der Waals surface area contributed by atoms with Crippen molar-refractivity contribution in [3.63, 3.8) is 0 Å². The number of rotatable bonds is 5. The predicted molar refractivity (Wildman–Crippen MR) is 162 cm³/mol. The molecule has 2 aromatic heterocycles. The summed E-state index contributed by atoms with van der Waals surface area (Å²) in [5, 5.41) is 1.03. The van der Waals surface area contributed by atoms with Gasteiger partial charge in [0.1, 0.15) is 5.01 Å². The highest BCUT2D eigenvalue weighted by Gasteiger charge is 2.15. The fraction of sp³-hybridized carbons (Fsp3) is 0. The van der Waals surface area contributed by atoms with Crippen LogP contribution in [-0.2, 0) is 0 Å². The lowest BCUT2D eigenvalue weighted by Gasteiger charge is -2.12. The third-order valence-corrected chi connectivity index (χ3v) is 7.82. The lowest BCUT2D eigenvalue weighted by atomic mass is 9.98. The van der Waals surface area contributed by atoms with E-state index in [0.29, 0.717) is 5.82 Å². The van der Waals surface area contributed by atoms with Crippen molar-refractivity contribution in [2.45, 2.75) is 0 Å². The molecule has 0 saturated carbocycles. The number of nitrogens with zero attached hydrogens (tertiary/aromatic N) is 3. The third kappa shape index (κ3) is 4.63. The zero-order chi connectivity index (χ0) is 26.0. The van der Waals surface area contributed by atoms with Gasteiger partial charge in [0.25, 0.3) is 0 Å². The molecule has 0 aliphatic carbocycles. The van der Waals surface area contributed by atoms with Gasteiger partial charge in [-0.15, -0.1) is 11.3 Å². The Morgan fingerprint density at radius 3 is 1.56 bits per heavy atom. The van der Waals surface area contributed by atoms with Gasteiger partial charge < -0.3 is 0 Å². The second-order valence-electron chi connectivity index (χ2n) is 9.31. The van der Waals surface area contributed by atoms with Gasteiger partial charge in [-0.05, 0) is 29.3 Å². The molecule has 7 rings (SSSR count). The van der Waals surface area contributed by atoms with Crippen LogP contribution in [0.15, 0.2) is 140 Å². The van der Waals surface area contributed by atoms with E-state index in [9.17, 15) is 0 Å². The molecule has 4 heteroatoms. The topological polar surface area (TPSA) is 38.7 Å². The second kappa shape index (κ2) is 10.1. The van der Waals surface area contributed by atoms with Crippen LogP contribution in [0.5, 0.6) is 0 Å². The van der Waals surface area contributed by atoms with Crippen LogP contribution in [0.25, 0.3) is 65.8 Å². The highest BCUT2D eigenvalue weighted by molar-refractivity contribution is 7.21. The van der Waals surface area contributed by atoms with E-state index in [2.05, 4.69) is 97.1 Å². The first-order chi connectivity index (χ1) is 19.3. The molecule has 0 aliphatic heterocycles. The van der Waals surface area contributed by atoms with Crippen LogP contribution in [0.3, 0.4) is 0 Å². The summed E-state index contributed by atoms with van der Waals surface area (Å²) in [6.07, 6.45) is 0. The van der Waals surface area contributed by atoms with E-state index < -0.39 is 0 Å². The van der Waals surface area contributed by atoms with Crippen molar-refractivity contribution >= 4 is 21.6 Å². The standard InChI is InChI=1S/C35H23N3S/c1-4-12-24(13-5-1)31-23-32(25-14-6-2-7-15-25)37-34(36-31)29-19-11-10-18-28(29)27-20-21-30-33(22-27)39-35(38-30)26-16-8-3-9-17-26/h1-23H. The van der Waals surface area contributed by atoms with Crippen LogP contribution in [0.1, 0.15) is 0 Å². The van der Waals surface area contributed by atoms with Gasteiger partial charge >= 0.3 is 0 Å². The Kier molecular flexibility index (Phi) is 6.00. The Labute approximate surface area is 231 Å². The molecule has 0 unspecified atom stereocenters. The van der Waals surface area contributed by atoms with Crippen LogP contribution in [0.2, 0.25) is 0 Å². The molecular weight excluding hydrogens is 494 g/mol. The molecule has 0 aliphatic rings. The Morgan fingerprint density at radius 1 is 0.410 bits per heavy atom. The van der Waals surface area contributed by atoms with E-state index in [1.54, 1.807) is 11.3 Å². The maximum atomic E-state index is 5.07. The van der Waals surface area contributed by atoms with Gasteiger partial charge in [-0.25, -0.2) is 15.0 Å². The van der Waals surface area contributed by atoms with Gasteiger partial charge in [-0.3, -0.25) is 0 Å². The lowest BCUT2D eigenvalue weighted by Crippen LogP contribution is -1.97. The molecule has 7 aromatic rings. The number of benzene rings is 5. The number of aromatic nitrogens is 3. The Morgan fingerprint density at radius 2 is 0.949 bits per heavy atom. The van der Waals surface area contributed by atoms with Gasteiger partial charge in [0.05, 0.1) is 21.6 Å². The van der Waals surface area contributed by atoms with Crippen LogP contribution in [0.4, 0.5) is 0 Å². The molecular formula is C35H23N3S. The average molecular weight is 518 g/mol. The molecule has 0 bridgehead atoms. The first-order valence-electron chi connectivity index (χ1n) is 12.9. The van der Waals surface area contributed by atoms with Crippen LogP contribution in [-0.4, -0.2) is 15.0 Å². The highest BCUT2D eigenvalue weighted by atomic mass is 32.1. The van der Waals surface area contributed by atoms with Gasteiger partial charge in [0, 0.05) is 22.3 Å². The molecule has 0 fully saturated rings. The smallest absolute Gasteiger partial charge is 0.161 e. The number of hydrogen-bond donors (Lipinski definition) is 0. The van der Waals surface area contributed by atoms with E-state index in [-0.39, 0.29) is 0 Å². The van der Waals surface area contributed by atoms with Crippen molar-refractivity contribution in [2.24, 2.45) is 0 Å². The Balaban J connectivity index is 1.37. The van der Waals surface area contributed by atoms with Crippen molar-refractivity contribution < 1.29 is 0 Å². The number of fused-ring (bicyclic) bond motifs is 1. The summed E-state index contributed by atoms with van der Waals surface area (Å²) in [7, 11) is 0. The first-order valence-corrected chi connectivity index (χ1v) is 13.7. The van der Waals surface area contributed by atoms with Crippen LogP contribution < -0.4 is 0 Å². The largest absolute Gasteiger partial charge is 0.236 e.